The van der Waals surface area contributed by atoms with Crippen LogP contribution in [0.3, 0.4) is 0 Å². The highest BCUT2D eigenvalue weighted by Gasteiger charge is 2.33. The molecule has 0 aliphatic carbocycles. The molecule has 1 aromatic carbocycles. The lowest BCUT2D eigenvalue weighted by molar-refractivity contribution is -0.137. The van der Waals surface area contributed by atoms with Crippen molar-refractivity contribution in [1.82, 2.24) is 14.8 Å². The first-order chi connectivity index (χ1) is 10.1. The van der Waals surface area contributed by atoms with Crippen LogP contribution in [-0.4, -0.2) is 30.3 Å². The van der Waals surface area contributed by atoms with Gasteiger partial charge in [-0.15, -0.1) is 5.10 Å². The highest BCUT2D eigenvalue weighted by atomic mass is 32.2. The van der Waals surface area contributed by atoms with E-state index in [1.165, 1.54) is 36.3 Å². The van der Waals surface area contributed by atoms with E-state index in [4.69, 9.17) is 0 Å². The normalized spacial score (nSPS) is 16.3. The molecule has 2 rings (SSSR count). The Morgan fingerprint density at radius 2 is 1.95 bits per heavy atom. The van der Waals surface area contributed by atoms with Gasteiger partial charge in [0.25, 0.3) is 0 Å². The molecular weight excluding hydrogens is 319 g/mol. The van der Waals surface area contributed by atoms with Crippen molar-refractivity contribution in [2.45, 2.75) is 30.4 Å². The zero-order valence-corrected chi connectivity index (χ0v) is 12.6. The molecule has 0 aliphatic heterocycles. The van der Waals surface area contributed by atoms with E-state index in [0.29, 0.717) is 0 Å². The van der Waals surface area contributed by atoms with Crippen molar-refractivity contribution >= 4 is 10.8 Å². The molecule has 120 valence electrons. The van der Waals surface area contributed by atoms with Crippen molar-refractivity contribution in [3.8, 4) is 0 Å². The minimum atomic E-state index is -4.48. The van der Waals surface area contributed by atoms with Crippen LogP contribution in [0.15, 0.2) is 35.7 Å². The highest BCUT2D eigenvalue weighted by molar-refractivity contribution is 7.84. The Kier molecular flexibility index (Phi) is 4.39. The van der Waals surface area contributed by atoms with Gasteiger partial charge < -0.3 is 5.11 Å². The maximum atomic E-state index is 12.7. The summed E-state index contributed by atoms with van der Waals surface area (Å²) in [7, 11) is -1.37. The summed E-state index contributed by atoms with van der Waals surface area (Å²) in [6.45, 7) is 1.27. The van der Waals surface area contributed by atoms with Crippen molar-refractivity contribution in [3.63, 3.8) is 0 Å². The average Bonchev–Trinajstić information content (AvgIpc) is 2.86. The van der Waals surface area contributed by atoms with Crippen LogP contribution in [0.25, 0.3) is 0 Å². The molecule has 0 aliphatic rings. The Balaban J connectivity index is 2.27. The van der Waals surface area contributed by atoms with Gasteiger partial charge in [0, 0.05) is 6.26 Å². The van der Waals surface area contributed by atoms with Crippen molar-refractivity contribution in [1.29, 1.82) is 0 Å². The molecule has 5 nitrogen and oxygen atoms in total. The van der Waals surface area contributed by atoms with Gasteiger partial charge in [0.2, 0.25) is 5.16 Å². The average molecular weight is 333 g/mol. The standard InChI is InChI=1S/C13H14F3N3O2S/c1-12(20,7-19-8-17-11(18-19)22(2)21)9-4-3-5-10(6-9)13(14,15)16/h3-6,8,20H,7H2,1-2H3. The summed E-state index contributed by atoms with van der Waals surface area (Å²) in [5, 5.41) is 14.5. The predicted molar refractivity (Wildman–Crippen MR) is 73.4 cm³/mol. The molecule has 9 heteroatoms. The van der Waals surface area contributed by atoms with Gasteiger partial charge in [-0.3, -0.25) is 4.21 Å². The lowest BCUT2D eigenvalue weighted by atomic mass is 9.94. The number of benzene rings is 1. The van der Waals surface area contributed by atoms with Crippen LogP contribution < -0.4 is 0 Å². The lowest BCUT2D eigenvalue weighted by Crippen LogP contribution is -2.28. The van der Waals surface area contributed by atoms with Crippen molar-refractivity contribution in [2.75, 3.05) is 6.26 Å². The van der Waals surface area contributed by atoms with E-state index in [0.717, 1.165) is 12.1 Å². The molecule has 0 spiro atoms. The maximum absolute atomic E-state index is 12.7. The molecule has 0 saturated heterocycles. The van der Waals surface area contributed by atoms with Gasteiger partial charge >= 0.3 is 6.18 Å². The van der Waals surface area contributed by atoms with Gasteiger partial charge in [-0.2, -0.15) is 13.2 Å². The zero-order chi connectivity index (χ0) is 16.5. The van der Waals surface area contributed by atoms with Crippen LogP contribution in [0, 0.1) is 0 Å². The van der Waals surface area contributed by atoms with E-state index in [9.17, 15) is 22.5 Å². The fourth-order valence-corrected chi connectivity index (χ4v) is 2.34. The second-order valence-electron chi connectivity index (χ2n) is 5.03. The number of aromatic nitrogens is 3. The van der Waals surface area contributed by atoms with Crippen molar-refractivity contribution in [2.24, 2.45) is 0 Å². The number of nitrogens with zero attached hydrogens (tertiary/aromatic N) is 3. The SMILES string of the molecule is CS(=O)c1ncn(CC(C)(O)c2cccc(C(F)(F)F)c2)n1. The van der Waals surface area contributed by atoms with Crippen LogP contribution in [-0.2, 0) is 29.1 Å². The van der Waals surface area contributed by atoms with E-state index in [2.05, 4.69) is 10.1 Å². The number of aliphatic hydroxyl groups is 1. The van der Waals surface area contributed by atoms with Gasteiger partial charge in [0.05, 0.1) is 22.9 Å². The quantitative estimate of drug-likeness (QED) is 0.928. The molecule has 0 saturated carbocycles. The molecule has 0 fully saturated rings. The molecule has 0 radical (unpaired) electrons. The summed E-state index contributed by atoms with van der Waals surface area (Å²) >= 11 is 0. The minimum absolute atomic E-state index is 0.0971. The zero-order valence-electron chi connectivity index (χ0n) is 11.8. The summed E-state index contributed by atoms with van der Waals surface area (Å²) in [5.74, 6) is 0. The number of alkyl halides is 3. The van der Waals surface area contributed by atoms with E-state index < -0.39 is 28.1 Å². The Hall–Kier alpha value is -1.74. The van der Waals surface area contributed by atoms with Crippen molar-refractivity contribution in [3.05, 3.63) is 41.7 Å². The van der Waals surface area contributed by atoms with Gasteiger partial charge in [-0.05, 0) is 24.6 Å². The maximum Gasteiger partial charge on any atom is 0.416 e. The highest BCUT2D eigenvalue weighted by Crippen LogP contribution is 2.32. The van der Waals surface area contributed by atoms with Gasteiger partial charge in [-0.1, -0.05) is 12.1 Å². The van der Waals surface area contributed by atoms with Gasteiger partial charge in [0.1, 0.15) is 11.9 Å². The molecule has 22 heavy (non-hydrogen) atoms. The molecule has 2 atom stereocenters. The van der Waals surface area contributed by atoms with Crippen LogP contribution in [0.1, 0.15) is 18.1 Å². The third kappa shape index (κ3) is 3.72. The Morgan fingerprint density at radius 3 is 2.50 bits per heavy atom. The van der Waals surface area contributed by atoms with Crippen LogP contribution in [0.4, 0.5) is 13.2 Å². The Morgan fingerprint density at radius 1 is 1.32 bits per heavy atom. The third-order valence-electron chi connectivity index (χ3n) is 3.05. The first-order valence-electron chi connectivity index (χ1n) is 6.22. The van der Waals surface area contributed by atoms with E-state index in [-0.39, 0.29) is 17.3 Å². The summed E-state index contributed by atoms with van der Waals surface area (Å²) in [5.41, 5.74) is -2.31. The van der Waals surface area contributed by atoms with E-state index >= 15 is 0 Å². The molecule has 1 N–H and O–H groups in total. The summed E-state index contributed by atoms with van der Waals surface area (Å²) in [4.78, 5) is 3.81. The molecule has 2 aromatic rings. The molecule has 1 heterocycles. The van der Waals surface area contributed by atoms with Gasteiger partial charge in [-0.25, -0.2) is 9.67 Å². The third-order valence-corrected chi connectivity index (χ3v) is 3.76. The minimum Gasteiger partial charge on any atom is -0.384 e. The monoisotopic (exact) mass is 333 g/mol. The first-order valence-corrected chi connectivity index (χ1v) is 7.78. The Bertz CT molecular complexity index is 698. The second kappa shape index (κ2) is 5.81. The topological polar surface area (TPSA) is 68.0 Å². The van der Waals surface area contributed by atoms with Crippen LogP contribution in [0.5, 0.6) is 0 Å². The molecule has 0 amide bonds. The number of hydrogen-bond donors (Lipinski definition) is 1. The molecular formula is C13H14F3N3O2S. The van der Waals surface area contributed by atoms with Crippen LogP contribution in [0.2, 0.25) is 0 Å². The van der Waals surface area contributed by atoms with Gasteiger partial charge in [0.15, 0.2) is 0 Å². The van der Waals surface area contributed by atoms with Crippen LogP contribution >= 0.6 is 0 Å². The number of rotatable bonds is 4. The fraction of sp³-hybridized carbons (Fsp3) is 0.385. The van der Waals surface area contributed by atoms with E-state index in [1.807, 2.05) is 0 Å². The number of hydrogen-bond acceptors (Lipinski definition) is 4. The second-order valence-corrected chi connectivity index (χ2v) is 6.30. The molecule has 0 bridgehead atoms. The predicted octanol–water partition coefficient (Wildman–Crippen LogP) is 1.94. The fourth-order valence-electron chi connectivity index (χ4n) is 1.92. The van der Waals surface area contributed by atoms with E-state index in [1.54, 1.807) is 0 Å². The summed E-state index contributed by atoms with van der Waals surface area (Å²) in [6, 6.07) is 4.48. The summed E-state index contributed by atoms with van der Waals surface area (Å²) in [6.07, 6.45) is -1.80. The summed E-state index contributed by atoms with van der Waals surface area (Å²) < 4.78 is 50.7. The largest absolute Gasteiger partial charge is 0.416 e. The molecule has 2 unspecified atom stereocenters. The lowest BCUT2D eigenvalue weighted by Gasteiger charge is -2.24. The molecule has 1 aromatic heterocycles. The Labute approximate surface area is 127 Å². The smallest absolute Gasteiger partial charge is 0.384 e. The number of halogens is 3. The first kappa shape index (κ1) is 16.6. The van der Waals surface area contributed by atoms with Crippen molar-refractivity contribution < 1.29 is 22.5 Å².